The number of amides is 4. The van der Waals surface area contributed by atoms with Crippen molar-refractivity contribution in [3.05, 3.63) is 29.3 Å². The van der Waals surface area contributed by atoms with E-state index in [1.165, 1.54) is 13.1 Å². The van der Waals surface area contributed by atoms with Gasteiger partial charge in [0.15, 0.2) is 5.41 Å². The van der Waals surface area contributed by atoms with Gasteiger partial charge in [-0.05, 0) is 30.2 Å². The summed E-state index contributed by atoms with van der Waals surface area (Å²) in [5, 5.41) is 2.15. The number of hydrogen-bond donors (Lipinski definition) is 1. The second-order valence-electron chi connectivity index (χ2n) is 6.90. The maximum Gasteiger partial charge on any atom is 0.416 e. The topological polar surface area (TPSA) is 79.0 Å². The van der Waals surface area contributed by atoms with E-state index in [9.17, 15) is 27.6 Å². The fraction of sp³-hybridized carbons (Fsp3) is 0.471. The Morgan fingerprint density at radius 3 is 2.70 bits per heavy atom. The Hall–Kier alpha value is -2.62. The van der Waals surface area contributed by atoms with Crippen LogP contribution in [0.1, 0.15) is 11.1 Å². The zero-order valence-corrected chi connectivity index (χ0v) is 14.3. The lowest BCUT2D eigenvalue weighted by Crippen LogP contribution is -2.73. The van der Waals surface area contributed by atoms with Crippen LogP contribution in [0.4, 0.5) is 23.7 Å². The van der Waals surface area contributed by atoms with E-state index in [1.54, 1.807) is 4.90 Å². The van der Waals surface area contributed by atoms with E-state index in [0.29, 0.717) is 18.8 Å². The number of anilines is 1. The van der Waals surface area contributed by atoms with Gasteiger partial charge in [0, 0.05) is 19.3 Å². The zero-order chi connectivity index (χ0) is 19.6. The van der Waals surface area contributed by atoms with Gasteiger partial charge in [0.1, 0.15) is 0 Å². The van der Waals surface area contributed by atoms with Crippen molar-refractivity contribution in [2.45, 2.75) is 18.6 Å². The van der Waals surface area contributed by atoms with Crippen LogP contribution in [0.15, 0.2) is 18.2 Å². The van der Waals surface area contributed by atoms with Crippen LogP contribution >= 0.6 is 0 Å². The molecule has 2 saturated heterocycles. The van der Waals surface area contributed by atoms with Crippen LogP contribution < -0.4 is 10.2 Å². The number of benzene rings is 1. The summed E-state index contributed by atoms with van der Waals surface area (Å²) in [5.41, 5.74) is -1.78. The van der Waals surface area contributed by atoms with Crippen LogP contribution in [0.5, 0.6) is 0 Å². The molecule has 3 aliphatic heterocycles. The van der Waals surface area contributed by atoms with Crippen LogP contribution in [0.25, 0.3) is 0 Å². The molecule has 1 aromatic carbocycles. The molecule has 3 aliphatic rings. The molecule has 1 spiro atoms. The largest absolute Gasteiger partial charge is 0.416 e. The Balaban J connectivity index is 1.89. The normalized spacial score (nSPS) is 28.1. The molecule has 1 N–H and O–H groups in total. The zero-order valence-electron chi connectivity index (χ0n) is 14.3. The summed E-state index contributed by atoms with van der Waals surface area (Å²) >= 11 is 0. The summed E-state index contributed by atoms with van der Waals surface area (Å²) in [6.07, 6.45) is -4.78. The summed E-state index contributed by atoms with van der Waals surface area (Å²) in [7, 11) is 1.24. The third-order valence-corrected chi connectivity index (χ3v) is 5.50. The Bertz CT molecular complexity index is 856. The van der Waals surface area contributed by atoms with Crippen LogP contribution in [0.2, 0.25) is 0 Å². The fourth-order valence-corrected chi connectivity index (χ4v) is 4.13. The maximum atomic E-state index is 13.2. The van der Waals surface area contributed by atoms with Gasteiger partial charge in [0.25, 0.3) is 0 Å². The Morgan fingerprint density at radius 1 is 1.26 bits per heavy atom. The summed E-state index contributed by atoms with van der Waals surface area (Å²) in [4.78, 5) is 40.2. The average molecular weight is 383 g/mol. The van der Waals surface area contributed by atoms with Gasteiger partial charge in [0.05, 0.1) is 24.8 Å². The monoisotopic (exact) mass is 383 g/mol. The number of urea groups is 1. The molecule has 4 amide bonds. The second kappa shape index (κ2) is 5.69. The van der Waals surface area contributed by atoms with E-state index in [0.717, 1.165) is 17.0 Å². The molecule has 0 unspecified atom stereocenters. The van der Waals surface area contributed by atoms with Gasteiger partial charge in [-0.2, -0.15) is 13.2 Å². The quantitative estimate of drug-likeness (QED) is 0.681. The molecule has 0 bridgehead atoms. The molecule has 0 saturated carbocycles. The van der Waals surface area contributed by atoms with Crippen molar-refractivity contribution in [2.75, 3.05) is 31.7 Å². The number of hydrogen-bond acceptors (Lipinski definition) is 5. The number of halogens is 3. The van der Waals surface area contributed by atoms with E-state index in [-0.39, 0.29) is 18.6 Å². The van der Waals surface area contributed by atoms with Crippen LogP contribution in [-0.4, -0.2) is 55.6 Å². The highest BCUT2D eigenvalue weighted by molar-refractivity contribution is 6.20. The molecule has 4 rings (SSSR count). The summed E-state index contributed by atoms with van der Waals surface area (Å²) in [6.45, 7) is 0.697. The van der Waals surface area contributed by atoms with Crippen molar-refractivity contribution in [1.82, 2.24) is 10.2 Å². The highest BCUT2D eigenvalue weighted by Crippen LogP contribution is 2.46. The minimum atomic E-state index is -4.55. The first-order valence-corrected chi connectivity index (χ1v) is 8.34. The van der Waals surface area contributed by atoms with Gasteiger partial charge in [-0.25, -0.2) is 4.79 Å². The number of barbiturate groups is 1. The van der Waals surface area contributed by atoms with E-state index in [4.69, 9.17) is 4.74 Å². The molecule has 144 valence electrons. The molecule has 27 heavy (non-hydrogen) atoms. The molecule has 0 radical (unpaired) electrons. The second-order valence-corrected chi connectivity index (χ2v) is 6.90. The van der Waals surface area contributed by atoms with Gasteiger partial charge >= 0.3 is 12.2 Å². The molecule has 3 heterocycles. The van der Waals surface area contributed by atoms with Crippen molar-refractivity contribution in [1.29, 1.82) is 0 Å². The summed E-state index contributed by atoms with van der Waals surface area (Å²) < 4.78 is 44.9. The van der Waals surface area contributed by atoms with Crippen molar-refractivity contribution in [3.8, 4) is 0 Å². The van der Waals surface area contributed by atoms with Crippen molar-refractivity contribution in [2.24, 2.45) is 5.41 Å². The third-order valence-electron chi connectivity index (χ3n) is 5.50. The summed E-state index contributed by atoms with van der Waals surface area (Å²) in [6, 6.07) is 1.76. The molecule has 1 aromatic rings. The summed E-state index contributed by atoms with van der Waals surface area (Å²) in [5.74, 6) is -1.54. The number of imide groups is 2. The van der Waals surface area contributed by atoms with E-state index in [1.807, 2.05) is 0 Å². The lowest BCUT2D eigenvalue weighted by atomic mass is 9.68. The number of carbonyl (C=O) groups is 3. The molecule has 7 nitrogen and oxygen atoms in total. The minimum Gasteiger partial charge on any atom is -0.377 e. The number of nitrogens with zero attached hydrogens (tertiary/aromatic N) is 2. The third kappa shape index (κ3) is 2.43. The molecule has 2 fully saturated rings. The van der Waals surface area contributed by atoms with Gasteiger partial charge < -0.3 is 9.64 Å². The van der Waals surface area contributed by atoms with Crippen molar-refractivity contribution >= 4 is 23.5 Å². The van der Waals surface area contributed by atoms with Crippen LogP contribution in [-0.2, 0) is 26.9 Å². The van der Waals surface area contributed by atoms with Crippen molar-refractivity contribution < 1.29 is 32.3 Å². The predicted octanol–water partition coefficient (Wildman–Crippen LogP) is 1.16. The number of fused-ring (bicyclic) bond motifs is 4. The predicted molar refractivity (Wildman–Crippen MR) is 85.8 cm³/mol. The number of nitrogens with one attached hydrogen (secondary N) is 1. The van der Waals surface area contributed by atoms with E-state index >= 15 is 0 Å². The lowest BCUT2D eigenvalue weighted by molar-refractivity contribution is -0.155. The Kier molecular flexibility index (Phi) is 3.74. The van der Waals surface area contributed by atoms with Crippen LogP contribution in [0.3, 0.4) is 0 Å². The van der Waals surface area contributed by atoms with Crippen LogP contribution in [0, 0.1) is 5.41 Å². The molecule has 0 aromatic heterocycles. The smallest absolute Gasteiger partial charge is 0.377 e. The number of rotatable bonds is 0. The minimum absolute atomic E-state index is 0.0572. The standard InChI is InChI=1S/C17H16F3N3O4/c1-22-14(25)16(13(24)21-15(22)26)7-9-6-10(17(18,19)20)2-3-11(9)23-4-5-27-8-12(16)23/h2-3,6,12H,4-5,7-8H2,1H3,(H,21,24,26)/t12-,16-/m1/s1. The first-order valence-electron chi connectivity index (χ1n) is 8.34. The number of carbonyl (C=O) groups excluding carboxylic acids is 3. The van der Waals surface area contributed by atoms with E-state index < -0.39 is 41.0 Å². The van der Waals surface area contributed by atoms with E-state index in [2.05, 4.69) is 5.32 Å². The number of morpholine rings is 1. The van der Waals surface area contributed by atoms with Crippen molar-refractivity contribution in [3.63, 3.8) is 0 Å². The van der Waals surface area contributed by atoms with Gasteiger partial charge in [-0.3, -0.25) is 19.8 Å². The molecule has 2 atom stereocenters. The first-order chi connectivity index (χ1) is 12.7. The fourth-order valence-electron chi connectivity index (χ4n) is 4.13. The first kappa shape index (κ1) is 17.8. The Morgan fingerprint density at radius 2 is 2.00 bits per heavy atom. The Labute approximate surface area is 152 Å². The maximum absolute atomic E-state index is 13.2. The highest BCUT2D eigenvalue weighted by Gasteiger charge is 2.62. The average Bonchev–Trinajstić information content (AvgIpc) is 2.63. The van der Waals surface area contributed by atoms with Gasteiger partial charge in [-0.15, -0.1) is 0 Å². The van der Waals surface area contributed by atoms with Gasteiger partial charge in [-0.1, -0.05) is 0 Å². The number of alkyl halides is 3. The molecular formula is C17H16F3N3O4. The SMILES string of the molecule is CN1C(=O)NC(=O)[C@]2(Cc3cc(C(F)(F)F)ccc3N3CCOC[C@@H]32)C1=O. The molecule has 0 aliphatic carbocycles. The van der Waals surface area contributed by atoms with Gasteiger partial charge in [0.2, 0.25) is 11.8 Å². The molecular weight excluding hydrogens is 367 g/mol. The lowest BCUT2D eigenvalue weighted by Gasteiger charge is -2.53. The number of ether oxygens (including phenoxy) is 1. The molecule has 10 heteroatoms. The highest BCUT2D eigenvalue weighted by atomic mass is 19.4.